The standard InChI is InChI=1S/C18H26N2O/c1-20(2)17-7-4-13(5-8-17)12-19-18(21)11-16-10-14-3-6-15(16)9-14/h4-5,7-8,14-16H,3,6,9-12H2,1-2H3,(H,19,21). The third-order valence-corrected chi connectivity index (χ3v) is 5.27. The van der Waals surface area contributed by atoms with Crippen LogP contribution >= 0.6 is 0 Å². The molecule has 2 fully saturated rings. The van der Waals surface area contributed by atoms with E-state index in [2.05, 4.69) is 34.5 Å². The van der Waals surface area contributed by atoms with Gasteiger partial charge in [0.25, 0.3) is 0 Å². The molecular formula is C18H26N2O. The molecule has 3 unspecified atom stereocenters. The largest absolute Gasteiger partial charge is 0.378 e. The lowest BCUT2D eigenvalue weighted by Gasteiger charge is -2.21. The van der Waals surface area contributed by atoms with E-state index in [4.69, 9.17) is 0 Å². The molecule has 1 N–H and O–H groups in total. The van der Waals surface area contributed by atoms with Crippen LogP contribution in [0, 0.1) is 17.8 Å². The molecule has 0 saturated heterocycles. The van der Waals surface area contributed by atoms with E-state index in [1.807, 2.05) is 14.1 Å². The summed E-state index contributed by atoms with van der Waals surface area (Å²) in [7, 11) is 4.07. The molecule has 3 rings (SSSR count). The molecule has 1 aromatic carbocycles. The van der Waals surface area contributed by atoms with Crippen molar-refractivity contribution >= 4 is 11.6 Å². The van der Waals surface area contributed by atoms with Crippen molar-refractivity contribution in [2.45, 2.75) is 38.6 Å². The van der Waals surface area contributed by atoms with Crippen molar-refractivity contribution in [3.05, 3.63) is 29.8 Å². The van der Waals surface area contributed by atoms with Crippen LogP contribution in [0.4, 0.5) is 5.69 Å². The highest BCUT2D eigenvalue weighted by Crippen LogP contribution is 2.49. The van der Waals surface area contributed by atoms with Crippen molar-refractivity contribution in [1.29, 1.82) is 0 Å². The molecule has 0 aliphatic heterocycles. The second-order valence-electron chi connectivity index (χ2n) is 6.98. The first-order valence-corrected chi connectivity index (χ1v) is 8.15. The van der Waals surface area contributed by atoms with Crippen LogP contribution in [-0.4, -0.2) is 20.0 Å². The lowest BCUT2D eigenvalue weighted by atomic mass is 9.86. The van der Waals surface area contributed by atoms with Crippen molar-refractivity contribution in [3.63, 3.8) is 0 Å². The highest BCUT2D eigenvalue weighted by Gasteiger charge is 2.39. The number of amides is 1. The third kappa shape index (κ3) is 3.39. The monoisotopic (exact) mass is 286 g/mol. The van der Waals surface area contributed by atoms with E-state index in [1.54, 1.807) is 0 Å². The minimum absolute atomic E-state index is 0.226. The van der Waals surface area contributed by atoms with Gasteiger partial charge >= 0.3 is 0 Å². The van der Waals surface area contributed by atoms with Crippen LogP contribution in [0.1, 0.15) is 37.7 Å². The fourth-order valence-electron chi connectivity index (χ4n) is 4.05. The van der Waals surface area contributed by atoms with Crippen molar-refractivity contribution in [2.75, 3.05) is 19.0 Å². The molecule has 3 atom stereocenters. The molecule has 1 aromatic rings. The topological polar surface area (TPSA) is 32.3 Å². The first-order valence-electron chi connectivity index (χ1n) is 8.15. The zero-order chi connectivity index (χ0) is 14.8. The number of hydrogen-bond donors (Lipinski definition) is 1. The number of benzene rings is 1. The maximum atomic E-state index is 12.1. The summed E-state index contributed by atoms with van der Waals surface area (Å²) in [6, 6.07) is 8.37. The number of rotatable bonds is 5. The Balaban J connectivity index is 1.45. The molecule has 2 bridgehead atoms. The van der Waals surface area contributed by atoms with Gasteiger partial charge in [0.05, 0.1) is 0 Å². The minimum Gasteiger partial charge on any atom is -0.378 e. The van der Waals surface area contributed by atoms with Crippen LogP contribution in [0.3, 0.4) is 0 Å². The van der Waals surface area contributed by atoms with Crippen LogP contribution in [0.5, 0.6) is 0 Å². The number of hydrogen-bond acceptors (Lipinski definition) is 2. The van der Waals surface area contributed by atoms with E-state index in [1.165, 1.54) is 36.9 Å². The van der Waals surface area contributed by atoms with Crippen LogP contribution in [0.15, 0.2) is 24.3 Å². The molecule has 0 radical (unpaired) electrons. The lowest BCUT2D eigenvalue weighted by Crippen LogP contribution is -2.26. The zero-order valence-corrected chi connectivity index (χ0v) is 13.1. The second kappa shape index (κ2) is 6.08. The molecule has 3 nitrogen and oxygen atoms in total. The van der Waals surface area contributed by atoms with E-state index in [0.29, 0.717) is 12.5 Å². The predicted molar refractivity (Wildman–Crippen MR) is 86.2 cm³/mol. The van der Waals surface area contributed by atoms with Crippen LogP contribution in [0.2, 0.25) is 0 Å². The Kier molecular flexibility index (Phi) is 4.18. The number of fused-ring (bicyclic) bond motifs is 2. The Hall–Kier alpha value is -1.51. The highest BCUT2D eigenvalue weighted by atomic mass is 16.1. The summed E-state index contributed by atoms with van der Waals surface area (Å²) in [6.45, 7) is 0.646. The molecule has 0 heterocycles. The van der Waals surface area contributed by atoms with Crippen LogP contribution in [-0.2, 0) is 11.3 Å². The van der Waals surface area contributed by atoms with E-state index >= 15 is 0 Å². The molecule has 0 aromatic heterocycles. The average molecular weight is 286 g/mol. The van der Waals surface area contributed by atoms with Gasteiger partial charge in [-0.05, 0) is 54.7 Å². The average Bonchev–Trinajstić information content (AvgIpc) is 3.08. The third-order valence-electron chi connectivity index (χ3n) is 5.27. The number of anilines is 1. The molecule has 2 aliphatic carbocycles. The first-order chi connectivity index (χ1) is 10.1. The Labute approximate surface area is 127 Å². The van der Waals surface area contributed by atoms with Crippen molar-refractivity contribution in [1.82, 2.24) is 5.32 Å². The first kappa shape index (κ1) is 14.4. The van der Waals surface area contributed by atoms with Gasteiger partial charge in [-0.15, -0.1) is 0 Å². The highest BCUT2D eigenvalue weighted by molar-refractivity contribution is 5.76. The van der Waals surface area contributed by atoms with Gasteiger partial charge in [0.2, 0.25) is 5.91 Å². The quantitative estimate of drug-likeness (QED) is 0.901. The van der Waals surface area contributed by atoms with E-state index in [0.717, 1.165) is 18.3 Å². The van der Waals surface area contributed by atoms with E-state index < -0.39 is 0 Å². The van der Waals surface area contributed by atoms with Gasteiger partial charge in [-0.25, -0.2) is 0 Å². The van der Waals surface area contributed by atoms with E-state index in [9.17, 15) is 4.79 Å². The molecule has 2 aliphatic rings. The Morgan fingerprint density at radius 1 is 1.19 bits per heavy atom. The number of carbonyl (C=O) groups is 1. The molecule has 1 amide bonds. The fourth-order valence-corrected chi connectivity index (χ4v) is 4.05. The summed E-state index contributed by atoms with van der Waals surface area (Å²) >= 11 is 0. The van der Waals surface area contributed by atoms with Gasteiger partial charge in [0, 0.05) is 32.7 Å². The molecule has 21 heavy (non-hydrogen) atoms. The van der Waals surface area contributed by atoms with Gasteiger partial charge in [-0.2, -0.15) is 0 Å². The van der Waals surface area contributed by atoms with Gasteiger partial charge in [0.1, 0.15) is 0 Å². The molecule has 3 heteroatoms. The van der Waals surface area contributed by atoms with E-state index in [-0.39, 0.29) is 5.91 Å². The van der Waals surface area contributed by atoms with Gasteiger partial charge in [0.15, 0.2) is 0 Å². The summed E-state index contributed by atoms with van der Waals surface area (Å²) in [5.74, 6) is 2.63. The normalized spacial score (nSPS) is 26.9. The summed E-state index contributed by atoms with van der Waals surface area (Å²) in [5, 5.41) is 3.08. The Bertz CT molecular complexity index is 494. The van der Waals surface area contributed by atoms with Crippen molar-refractivity contribution in [3.8, 4) is 0 Å². The van der Waals surface area contributed by atoms with Crippen LogP contribution < -0.4 is 10.2 Å². The Morgan fingerprint density at radius 3 is 2.52 bits per heavy atom. The van der Waals surface area contributed by atoms with Crippen molar-refractivity contribution in [2.24, 2.45) is 17.8 Å². The maximum absolute atomic E-state index is 12.1. The second-order valence-corrected chi connectivity index (χ2v) is 6.98. The van der Waals surface area contributed by atoms with Crippen LogP contribution in [0.25, 0.3) is 0 Å². The van der Waals surface area contributed by atoms with Gasteiger partial charge in [-0.1, -0.05) is 18.6 Å². The predicted octanol–water partition coefficient (Wildman–Crippen LogP) is 3.20. The minimum atomic E-state index is 0.226. The van der Waals surface area contributed by atoms with Crippen molar-refractivity contribution < 1.29 is 4.79 Å². The molecule has 2 saturated carbocycles. The number of nitrogens with one attached hydrogen (secondary N) is 1. The smallest absolute Gasteiger partial charge is 0.220 e. The van der Waals surface area contributed by atoms with Gasteiger partial charge < -0.3 is 10.2 Å². The number of carbonyl (C=O) groups excluding carboxylic acids is 1. The maximum Gasteiger partial charge on any atom is 0.220 e. The fraction of sp³-hybridized carbons (Fsp3) is 0.611. The van der Waals surface area contributed by atoms with Gasteiger partial charge in [-0.3, -0.25) is 4.79 Å². The SMILES string of the molecule is CN(C)c1ccc(CNC(=O)CC2CC3CCC2C3)cc1. The summed E-state index contributed by atoms with van der Waals surface area (Å²) < 4.78 is 0. The molecule has 114 valence electrons. The summed E-state index contributed by atoms with van der Waals surface area (Å²) in [6.07, 6.45) is 6.16. The Morgan fingerprint density at radius 2 is 1.95 bits per heavy atom. The summed E-state index contributed by atoms with van der Waals surface area (Å²) in [4.78, 5) is 14.2. The molecule has 0 spiro atoms. The zero-order valence-electron chi connectivity index (χ0n) is 13.1. The number of nitrogens with zero attached hydrogens (tertiary/aromatic N) is 1. The summed E-state index contributed by atoms with van der Waals surface area (Å²) in [5.41, 5.74) is 2.36. The molecular weight excluding hydrogens is 260 g/mol. The lowest BCUT2D eigenvalue weighted by molar-refractivity contribution is -0.122.